The maximum atomic E-state index is 9.75. The molecule has 3 aromatic heterocycles. The molecule has 0 bridgehead atoms. The third-order valence-electron chi connectivity index (χ3n) is 2.48. The topological polar surface area (TPSA) is 61.8 Å². The summed E-state index contributed by atoms with van der Waals surface area (Å²) in [6, 6.07) is 1.84. The normalized spacial score (nSPS) is 11.1. The van der Waals surface area contributed by atoms with Crippen LogP contribution in [-0.4, -0.2) is 20.1 Å². The highest BCUT2D eigenvalue weighted by molar-refractivity contribution is 7.12. The molecule has 80 valence electrons. The average molecular weight is 231 g/mol. The van der Waals surface area contributed by atoms with Crippen LogP contribution in [0, 0.1) is 6.92 Å². The lowest BCUT2D eigenvalue weighted by molar-refractivity contribution is 0.492. The van der Waals surface area contributed by atoms with E-state index in [0.717, 1.165) is 22.2 Å². The number of nitrogens with one attached hydrogen (secondary N) is 1. The number of rotatable bonds is 1. The number of hydrogen-bond acceptors (Lipinski definition) is 4. The minimum Gasteiger partial charge on any atom is -0.499 e. The fraction of sp³-hybridized carbons (Fsp3) is 0.0909. The summed E-state index contributed by atoms with van der Waals surface area (Å²) < 4.78 is 0. The van der Waals surface area contributed by atoms with Crippen molar-refractivity contribution in [3.63, 3.8) is 0 Å². The van der Waals surface area contributed by atoms with Gasteiger partial charge in [0, 0.05) is 6.20 Å². The number of thiophene rings is 1. The van der Waals surface area contributed by atoms with Crippen LogP contribution in [0.25, 0.3) is 22.4 Å². The van der Waals surface area contributed by atoms with E-state index in [9.17, 15) is 5.11 Å². The van der Waals surface area contributed by atoms with Crippen molar-refractivity contribution in [1.82, 2.24) is 15.0 Å². The predicted molar refractivity (Wildman–Crippen MR) is 63.6 cm³/mol. The monoisotopic (exact) mass is 231 g/mol. The Labute approximate surface area is 95.6 Å². The van der Waals surface area contributed by atoms with E-state index in [1.807, 2.05) is 18.4 Å². The molecule has 16 heavy (non-hydrogen) atoms. The Morgan fingerprint density at radius 1 is 1.44 bits per heavy atom. The van der Waals surface area contributed by atoms with E-state index < -0.39 is 0 Å². The highest BCUT2D eigenvalue weighted by atomic mass is 32.1. The van der Waals surface area contributed by atoms with Gasteiger partial charge in [0.15, 0.2) is 5.06 Å². The molecule has 0 aromatic carbocycles. The molecule has 0 aliphatic rings. The van der Waals surface area contributed by atoms with Gasteiger partial charge >= 0.3 is 0 Å². The molecule has 0 atom stereocenters. The maximum Gasteiger partial charge on any atom is 0.182 e. The molecule has 0 radical (unpaired) electrons. The maximum absolute atomic E-state index is 9.75. The third-order valence-corrected chi connectivity index (χ3v) is 3.37. The lowest BCUT2D eigenvalue weighted by Gasteiger charge is -1.95. The van der Waals surface area contributed by atoms with Crippen molar-refractivity contribution in [3.8, 4) is 16.5 Å². The molecule has 0 saturated carbocycles. The van der Waals surface area contributed by atoms with E-state index in [1.165, 1.54) is 11.3 Å². The van der Waals surface area contributed by atoms with Crippen LogP contribution in [0.4, 0.5) is 0 Å². The van der Waals surface area contributed by atoms with E-state index in [0.29, 0.717) is 10.9 Å². The van der Waals surface area contributed by atoms with Crippen molar-refractivity contribution in [2.45, 2.75) is 6.92 Å². The molecule has 3 aromatic rings. The lowest BCUT2D eigenvalue weighted by Crippen LogP contribution is -1.80. The number of fused-ring (bicyclic) bond motifs is 1. The average Bonchev–Trinajstić information content (AvgIpc) is 2.82. The summed E-state index contributed by atoms with van der Waals surface area (Å²) in [6.45, 7) is 1.96. The van der Waals surface area contributed by atoms with Crippen LogP contribution >= 0.6 is 11.3 Å². The van der Waals surface area contributed by atoms with Gasteiger partial charge in [-0.1, -0.05) is 0 Å². The molecular formula is C11H9N3OS. The van der Waals surface area contributed by atoms with E-state index in [2.05, 4.69) is 15.0 Å². The van der Waals surface area contributed by atoms with Crippen molar-refractivity contribution in [2.24, 2.45) is 0 Å². The van der Waals surface area contributed by atoms with Gasteiger partial charge in [-0.15, -0.1) is 11.3 Å². The molecule has 0 fully saturated rings. The van der Waals surface area contributed by atoms with Gasteiger partial charge in [0.05, 0.1) is 22.8 Å². The molecule has 3 heterocycles. The molecule has 0 unspecified atom stereocenters. The quantitative estimate of drug-likeness (QED) is 0.677. The van der Waals surface area contributed by atoms with E-state index in [1.54, 1.807) is 12.4 Å². The molecule has 0 amide bonds. The number of imidazole rings is 1. The van der Waals surface area contributed by atoms with Gasteiger partial charge in [-0.2, -0.15) is 0 Å². The first-order chi connectivity index (χ1) is 7.75. The van der Waals surface area contributed by atoms with Crippen molar-refractivity contribution in [2.75, 3.05) is 0 Å². The smallest absolute Gasteiger partial charge is 0.182 e. The van der Waals surface area contributed by atoms with Gasteiger partial charge in [-0.25, -0.2) is 4.98 Å². The number of aromatic hydroxyl groups is 1. The van der Waals surface area contributed by atoms with Crippen molar-refractivity contribution in [3.05, 3.63) is 29.4 Å². The number of hydrogen-bond donors (Lipinski definition) is 2. The van der Waals surface area contributed by atoms with Crippen molar-refractivity contribution in [1.29, 1.82) is 0 Å². The molecule has 2 N–H and O–H groups in total. The van der Waals surface area contributed by atoms with Crippen LogP contribution in [0.15, 0.2) is 23.8 Å². The summed E-state index contributed by atoms with van der Waals surface area (Å²) in [5.74, 6) is 0.694. The van der Waals surface area contributed by atoms with E-state index in [-0.39, 0.29) is 0 Å². The second-order valence-electron chi connectivity index (χ2n) is 3.58. The zero-order valence-corrected chi connectivity index (χ0v) is 9.38. The summed E-state index contributed by atoms with van der Waals surface area (Å²) in [5, 5.41) is 12.0. The first-order valence-electron chi connectivity index (χ1n) is 4.83. The minimum atomic E-state index is 0.296. The van der Waals surface area contributed by atoms with Gasteiger partial charge in [-0.3, -0.25) is 4.98 Å². The Balaban J connectivity index is 2.27. The summed E-state index contributed by atoms with van der Waals surface area (Å²) in [5.41, 5.74) is 3.54. The van der Waals surface area contributed by atoms with Crippen molar-refractivity contribution >= 4 is 22.4 Å². The van der Waals surface area contributed by atoms with Crippen LogP contribution in [0.5, 0.6) is 5.06 Å². The van der Waals surface area contributed by atoms with Crippen LogP contribution in [0.2, 0.25) is 0 Å². The number of aromatic amines is 1. The van der Waals surface area contributed by atoms with Gasteiger partial charge in [0.1, 0.15) is 5.82 Å². The highest BCUT2D eigenvalue weighted by Crippen LogP contribution is 2.36. The van der Waals surface area contributed by atoms with Crippen molar-refractivity contribution < 1.29 is 5.11 Å². The summed E-state index contributed by atoms with van der Waals surface area (Å²) in [4.78, 5) is 11.6. The molecule has 0 aliphatic heterocycles. The predicted octanol–water partition coefficient (Wildman–Crippen LogP) is 2.70. The van der Waals surface area contributed by atoms with Gasteiger partial charge in [0.2, 0.25) is 0 Å². The Hall–Kier alpha value is -1.88. The Bertz CT molecular complexity index is 604. The molecule has 0 spiro atoms. The number of aromatic nitrogens is 3. The summed E-state index contributed by atoms with van der Waals surface area (Å²) >= 11 is 1.32. The zero-order chi connectivity index (χ0) is 11.1. The van der Waals surface area contributed by atoms with E-state index in [4.69, 9.17) is 0 Å². The third kappa shape index (κ3) is 1.29. The lowest BCUT2D eigenvalue weighted by atomic mass is 10.2. The Kier molecular flexibility index (Phi) is 1.94. The molecule has 3 rings (SSSR count). The summed E-state index contributed by atoms with van der Waals surface area (Å²) in [7, 11) is 0. The summed E-state index contributed by atoms with van der Waals surface area (Å²) in [6.07, 6.45) is 3.43. The van der Waals surface area contributed by atoms with Crippen LogP contribution in [-0.2, 0) is 0 Å². The minimum absolute atomic E-state index is 0.296. The molecule has 0 saturated heterocycles. The molecule has 0 aliphatic carbocycles. The Morgan fingerprint density at radius 3 is 3.00 bits per heavy atom. The fourth-order valence-electron chi connectivity index (χ4n) is 1.69. The van der Waals surface area contributed by atoms with Crippen LogP contribution in [0.3, 0.4) is 0 Å². The zero-order valence-electron chi connectivity index (χ0n) is 8.56. The number of aryl methyl sites for hydroxylation is 1. The number of H-pyrrole nitrogens is 1. The fourth-order valence-corrected chi connectivity index (χ4v) is 2.48. The van der Waals surface area contributed by atoms with Gasteiger partial charge in [0.25, 0.3) is 0 Å². The van der Waals surface area contributed by atoms with Crippen LogP contribution < -0.4 is 0 Å². The second-order valence-corrected chi connectivity index (χ2v) is 4.44. The van der Waals surface area contributed by atoms with Gasteiger partial charge in [-0.05, 0) is 23.9 Å². The standard InChI is InChI=1S/C11H9N3OS/c1-6-5-16-11(15)9(6)10-13-7-2-3-12-4-8(7)14-10/h2-5,15H,1H3,(H,13,14). The molecular weight excluding hydrogens is 222 g/mol. The molecule has 5 heteroatoms. The van der Waals surface area contributed by atoms with Crippen LogP contribution in [0.1, 0.15) is 5.56 Å². The second kappa shape index (κ2) is 3.31. The van der Waals surface area contributed by atoms with Gasteiger partial charge < -0.3 is 10.1 Å². The van der Waals surface area contributed by atoms with E-state index >= 15 is 0 Å². The Morgan fingerprint density at radius 2 is 2.31 bits per heavy atom. The largest absolute Gasteiger partial charge is 0.499 e. The first-order valence-corrected chi connectivity index (χ1v) is 5.71. The number of nitrogens with zero attached hydrogens (tertiary/aromatic N) is 2. The first kappa shape index (κ1) is 9.35. The molecule has 4 nitrogen and oxygen atoms in total. The SMILES string of the molecule is Cc1csc(O)c1-c1nc2ccncc2[nH]1. The number of pyridine rings is 1. The highest BCUT2D eigenvalue weighted by Gasteiger charge is 2.13.